The Hall–Kier alpha value is -1.73. The standard InChI is InChI=1S/C15H14ClN/c1-3-12-4-8-14(9-5-12)17(2)15-10-6-13(16)7-11-15/h3-11H,1H2,2H3. The highest BCUT2D eigenvalue weighted by atomic mass is 35.5. The van der Waals surface area contributed by atoms with Gasteiger partial charge in [-0.1, -0.05) is 36.4 Å². The normalized spacial score (nSPS) is 10.0. The summed E-state index contributed by atoms with van der Waals surface area (Å²) in [6.07, 6.45) is 1.84. The zero-order valence-corrected chi connectivity index (χ0v) is 10.5. The fourth-order valence-electron chi connectivity index (χ4n) is 1.65. The van der Waals surface area contributed by atoms with Crippen molar-refractivity contribution < 1.29 is 0 Å². The van der Waals surface area contributed by atoms with Gasteiger partial charge in [-0.3, -0.25) is 0 Å². The fourth-order valence-corrected chi connectivity index (χ4v) is 1.77. The second kappa shape index (κ2) is 5.07. The summed E-state index contributed by atoms with van der Waals surface area (Å²) >= 11 is 5.87. The number of halogens is 1. The van der Waals surface area contributed by atoms with Gasteiger partial charge in [0.2, 0.25) is 0 Å². The lowest BCUT2D eigenvalue weighted by Crippen LogP contribution is -2.08. The zero-order chi connectivity index (χ0) is 12.3. The first-order valence-corrected chi connectivity index (χ1v) is 5.80. The molecule has 2 heteroatoms. The van der Waals surface area contributed by atoms with E-state index < -0.39 is 0 Å². The smallest absolute Gasteiger partial charge is 0.0409 e. The third-order valence-corrected chi connectivity index (χ3v) is 2.98. The van der Waals surface area contributed by atoms with Crippen LogP contribution in [0.3, 0.4) is 0 Å². The predicted octanol–water partition coefficient (Wildman–Crippen LogP) is 4.75. The molecule has 2 rings (SSSR count). The van der Waals surface area contributed by atoms with E-state index in [9.17, 15) is 0 Å². The fraction of sp³-hybridized carbons (Fsp3) is 0.0667. The molecule has 0 saturated heterocycles. The molecule has 0 aliphatic rings. The lowest BCUT2D eigenvalue weighted by atomic mass is 10.2. The Morgan fingerprint density at radius 1 is 0.941 bits per heavy atom. The van der Waals surface area contributed by atoms with Crippen molar-refractivity contribution in [3.8, 4) is 0 Å². The molecule has 0 amide bonds. The SMILES string of the molecule is C=Cc1ccc(N(C)c2ccc(Cl)cc2)cc1. The molecule has 0 aromatic heterocycles. The van der Waals surface area contributed by atoms with Crippen LogP contribution in [0.4, 0.5) is 11.4 Å². The van der Waals surface area contributed by atoms with Crippen LogP contribution in [0.25, 0.3) is 6.08 Å². The molecule has 0 fully saturated rings. The number of nitrogens with zero attached hydrogens (tertiary/aromatic N) is 1. The van der Waals surface area contributed by atoms with Crippen LogP contribution in [-0.2, 0) is 0 Å². The average Bonchev–Trinajstić information content (AvgIpc) is 2.39. The number of benzene rings is 2. The maximum atomic E-state index is 5.87. The van der Waals surface area contributed by atoms with E-state index in [1.807, 2.05) is 37.4 Å². The minimum Gasteiger partial charge on any atom is -0.345 e. The third kappa shape index (κ3) is 2.69. The van der Waals surface area contributed by atoms with Gasteiger partial charge in [-0.25, -0.2) is 0 Å². The second-order valence-corrected chi connectivity index (χ2v) is 4.27. The maximum absolute atomic E-state index is 5.87. The summed E-state index contributed by atoms with van der Waals surface area (Å²) in [6.45, 7) is 3.75. The highest BCUT2D eigenvalue weighted by molar-refractivity contribution is 6.30. The molecule has 2 aromatic rings. The highest BCUT2D eigenvalue weighted by Gasteiger charge is 2.02. The van der Waals surface area contributed by atoms with Gasteiger partial charge in [0, 0.05) is 23.4 Å². The largest absolute Gasteiger partial charge is 0.345 e. The van der Waals surface area contributed by atoms with Gasteiger partial charge < -0.3 is 4.90 Å². The van der Waals surface area contributed by atoms with E-state index in [2.05, 4.69) is 35.7 Å². The van der Waals surface area contributed by atoms with E-state index in [0.29, 0.717) is 0 Å². The van der Waals surface area contributed by atoms with Crippen LogP contribution in [0.2, 0.25) is 5.02 Å². The van der Waals surface area contributed by atoms with Crippen LogP contribution < -0.4 is 4.90 Å². The molecule has 0 aliphatic carbocycles. The Morgan fingerprint density at radius 3 is 1.88 bits per heavy atom. The number of anilines is 2. The van der Waals surface area contributed by atoms with Crippen molar-refractivity contribution in [2.45, 2.75) is 0 Å². The Balaban J connectivity index is 2.26. The van der Waals surface area contributed by atoms with Crippen molar-refractivity contribution >= 4 is 29.1 Å². The number of hydrogen-bond acceptors (Lipinski definition) is 1. The van der Waals surface area contributed by atoms with Gasteiger partial charge >= 0.3 is 0 Å². The Labute approximate surface area is 107 Å². The van der Waals surface area contributed by atoms with Gasteiger partial charge in [-0.05, 0) is 42.0 Å². The zero-order valence-electron chi connectivity index (χ0n) is 9.73. The van der Waals surface area contributed by atoms with Crippen molar-refractivity contribution in [2.75, 3.05) is 11.9 Å². The molecule has 0 unspecified atom stereocenters. The van der Waals surface area contributed by atoms with Gasteiger partial charge in [0.1, 0.15) is 0 Å². The number of hydrogen-bond donors (Lipinski definition) is 0. The molecule has 0 spiro atoms. The molecular formula is C15H14ClN. The van der Waals surface area contributed by atoms with Gasteiger partial charge in [0.15, 0.2) is 0 Å². The van der Waals surface area contributed by atoms with Gasteiger partial charge in [0.05, 0.1) is 0 Å². The molecule has 86 valence electrons. The van der Waals surface area contributed by atoms with E-state index in [4.69, 9.17) is 11.6 Å². The second-order valence-electron chi connectivity index (χ2n) is 3.83. The molecule has 1 nitrogen and oxygen atoms in total. The molecular weight excluding hydrogens is 230 g/mol. The Morgan fingerprint density at radius 2 is 1.41 bits per heavy atom. The molecule has 0 bridgehead atoms. The van der Waals surface area contributed by atoms with Crippen LogP contribution in [0.1, 0.15) is 5.56 Å². The van der Waals surface area contributed by atoms with Crippen LogP contribution >= 0.6 is 11.6 Å². The predicted molar refractivity (Wildman–Crippen MR) is 76.0 cm³/mol. The number of rotatable bonds is 3. The first kappa shape index (κ1) is 11.7. The highest BCUT2D eigenvalue weighted by Crippen LogP contribution is 2.25. The summed E-state index contributed by atoms with van der Waals surface area (Å²) in [5.74, 6) is 0. The topological polar surface area (TPSA) is 3.24 Å². The van der Waals surface area contributed by atoms with Crippen molar-refractivity contribution in [3.63, 3.8) is 0 Å². The van der Waals surface area contributed by atoms with Crippen molar-refractivity contribution in [1.29, 1.82) is 0 Å². The first-order chi connectivity index (χ1) is 8.20. The quantitative estimate of drug-likeness (QED) is 0.752. The van der Waals surface area contributed by atoms with E-state index in [-0.39, 0.29) is 0 Å². The first-order valence-electron chi connectivity index (χ1n) is 5.42. The third-order valence-electron chi connectivity index (χ3n) is 2.73. The molecule has 17 heavy (non-hydrogen) atoms. The molecule has 0 aliphatic heterocycles. The maximum Gasteiger partial charge on any atom is 0.0409 e. The van der Waals surface area contributed by atoms with E-state index in [1.54, 1.807) is 0 Å². The van der Waals surface area contributed by atoms with E-state index in [1.165, 1.54) is 0 Å². The summed E-state index contributed by atoms with van der Waals surface area (Å²) in [4.78, 5) is 2.11. The minimum absolute atomic E-state index is 0.754. The van der Waals surface area contributed by atoms with Gasteiger partial charge in [-0.15, -0.1) is 0 Å². The Kier molecular flexibility index (Phi) is 3.50. The Bertz CT molecular complexity index is 499. The summed E-state index contributed by atoms with van der Waals surface area (Å²) in [5, 5.41) is 0.754. The lowest BCUT2D eigenvalue weighted by Gasteiger charge is -2.19. The van der Waals surface area contributed by atoms with Crippen molar-refractivity contribution in [3.05, 3.63) is 65.7 Å². The summed E-state index contributed by atoms with van der Waals surface area (Å²) in [7, 11) is 2.03. The van der Waals surface area contributed by atoms with E-state index >= 15 is 0 Å². The van der Waals surface area contributed by atoms with Crippen LogP contribution in [0, 0.1) is 0 Å². The molecule has 0 N–H and O–H groups in total. The van der Waals surface area contributed by atoms with Crippen LogP contribution in [-0.4, -0.2) is 7.05 Å². The monoisotopic (exact) mass is 243 g/mol. The average molecular weight is 244 g/mol. The molecule has 0 heterocycles. The lowest BCUT2D eigenvalue weighted by molar-refractivity contribution is 1.21. The van der Waals surface area contributed by atoms with Crippen LogP contribution in [0.15, 0.2) is 55.1 Å². The van der Waals surface area contributed by atoms with Crippen LogP contribution in [0.5, 0.6) is 0 Å². The molecule has 0 saturated carbocycles. The summed E-state index contributed by atoms with van der Waals surface area (Å²) < 4.78 is 0. The molecule has 0 radical (unpaired) electrons. The van der Waals surface area contributed by atoms with Crippen molar-refractivity contribution in [2.24, 2.45) is 0 Å². The van der Waals surface area contributed by atoms with Crippen molar-refractivity contribution in [1.82, 2.24) is 0 Å². The minimum atomic E-state index is 0.754. The summed E-state index contributed by atoms with van der Waals surface area (Å²) in [5.41, 5.74) is 3.37. The molecule has 2 aromatic carbocycles. The van der Waals surface area contributed by atoms with Gasteiger partial charge in [-0.2, -0.15) is 0 Å². The summed E-state index contributed by atoms with van der Waals surface area (Å²) in [6, 6.07) is 16.0. The van der Waals surface area contributed by atoms with Gasteiger partial charge in [0.25, 0.3) is 0 Å². The molecule has 0 atom stereocenters. The van der Waals surface area contributed by atoms with E-state index in [0.717, 1.165) is 22.0 Å².